The average molecular weight is 470 g/mol. The molecule has 144 valence electrons. The minimum absolute atomic E-state index is 0. The van der Waals surface area contributed by atoms with Crippen LogP contribution < -0.4 is 5.32 Å². The summed E-state index contributed by atoms with van der Waals surface area (Å²) in [6.45, 7) is 12.7. The first-order chi connectivity index (χ1) is 11.9. The minimum Gasteiger partial charge on any atom is -0.361 e. The predicted octanol–water partition coefficient (Wildman–Crippen LogP) is 4.42. The lowest BCUT2D eigenvalue weighted by Crippen LogP contribution is -2.38. The third kappa shape index (κ3) is 6.00. The van der Waals surface area contributed by atoms with Gasteiger partial charge in [0, 0.05) is 38.2 Å². The Labute approximate surface area is 174 Å². The van der Waals surface area contributed by atoms with Crippen molar-refractivity contribution in [1.29, 1.82) is 0 Å². The Morgan fingerprint density at radius 3 is 2.42 bits per heavy atom. The smallest absolute Gasteiger partial charge is 0.193 e. The van der Waals surface area contributed by atoms with E-state index in [-0.39, 0.29) is 29.9 Å². The highest BCUT2D eigenvalue weighted by atomic mass is 127. The first kappa shape index (κ1) is 22.5. The highest BCUT2D eigenvalue weighted by Gasteiger charge is 2.16. The summed E-state index contributed by atoms with van der Waals surface area (Å²) in [6, 6.07) is 8.63. The predicted molar refractivity (Wildman–Crippen MR) is 118 cm³/mol. The second-order valence-corrected chi connectivity index (χ2v) is 6.68. The molecule has 1 atom stereocenters. The number of benzene rings is 1. The fourth-order valence-electron chi connectivity index (χ4n) is 3.02. The number of guanidine groups is 1. The van der Waals surface area contributed by atoms with E-state index in [1.807, 2.05) is 13.8 Å². The van der Waals surface area contributed by atoms with Gasteiger partial charge in [0.15, 0.2) is 5.96 Å². The molecule has 0 amide bonds. The summed E-state index contributed by atoms with van der Waals surface area (Å²) < 4.78 is 5.28. The van der Waals surface area contributed by atoms with Crippen molar-refractivity contribution in [3.63, 3.8) is 0 Å². The Hall–Kier alpha value is -1.57. The summed E-state index contributed by atoms with van der Waals surface area (Å²) in [5.74, 6) is 2.08. The summed E-state index contributed by atoms with van der Waals surface area (Å²) in [7, 11) is 2.07. The highest BCUT2D eigenvalue weighted by Crippen LogP contribution is 2.23. The molecule has 2 aromatic rings. The van der Waals surface area contributed by atoms with Gasteiger partial charge in [-0.1, -0.05) is 41.9 Å². The molecule has 0 aliphatic carbocycles. The molecular formula is C20H31IN4O. The summed E-state index contributed by atoms with van der Waals surface area (Å²) in [6.07, 6.45) is 0. The molecule has 0 aliphatic heterocycles. The maximum absolute atomic E-state index is 5.28. The molecular weight excluding hydrogens is 439 g/mol. The van der Waals surface area contributed by atoms with Gasteiger partial charge >= 0.3 is 0 Å². The zero-order chi connectivity index (χ0) is 18.4. The van der Waals surface area contributed by atoms with Crippen LogP contribution in [0.4, 0.5) is 0 Å². The lowest BCUT2D eigenvalue weighted by molar-refractivity contribution is 0.391. The van der Waals surface area contributed by atoms with E-state index in [2.05, 4.69) is 67.5 Å². The molecule has 0 saturated heterocycles. The van der Waals surface area contributed by atoms with E-state index in [1.54, 1.807) is 0 Å². The molecule has 0 fully saturated rings. The van der Waals surface area contributed by atoms with E-state index < -0.39 is 0 Å². The Balaban J connectivity index is 0.00000338. The highest BCUT2D eigenvalue weighted by molar-refractivity contribution is 14.0. The number of hydrogen-bond donors (Lipinski definition) is 1. The van der Waals surface area contributed by atoms with E-state index in [1.165, 1.54) is 16.7 Å². The quantitative estimate of drug-likeness (QED) is 0.386. The maximum atomic E-state index is 5.28. The Bertz CT molecular complexity index is 690. The molecule has 1 unspecified atom stereocenters. The molecule has 1 heterocycles. The van der Waals surface area contributed by atoms with Gasteiger partial charge in [0.25, 0.3) is 0 Å². The van der Waals surface area contributed by atoms with Crippen molar-refractivity contribution in [1.82, 2.24) is 15.4 Å². The SMILES string of the molecule is CCNC(=NCC(C)c1c(C)noc1C)N(C)Cc1ccc(C)cc1.I. The Morgan fingerprint density at radius 2 is 1.88 bits per heavy atom. The van der Waals surface area contributed by atoms with Gasteiger partial charge in [0.05, 0.1) is 5.69 Å². The molecule has 1 aromatic heterocycles. The normalized spacial score (nSPS) is 12.5. The van der Waals surface area contributed by atoms with Gasteiger partial charge in [0.1, 0.15) is 5.76 Å². The summed E-state index contributed by atoms with van der Waals surface area (Å²) in [5.41, 5.74) is 4.68. The van der Waals surface area contributed by atoms with Gasteiger partial charge in [-0.05, 0) is 33.3 Å². The molecule has 0 spiro atoms. The van der Waals surface area contributed by atoms with Crippen LogP contribution in [0.1, 0.15) is 47.9 Å². The number of aromatic nitrogens is 1. The standard InChI is InChI=1S/C20H30N4O.HI/c1-7-21-20(24(6)13-18-10-8-14(2)9-11-18)22-12-15(3)19-16(4)23-25-17(19)5;/h8-11,15H,7,12-13H2,1-6H3,(H,21,22);1H. The van der Waals surface area contributed by atoms with Crippen LogP contribution in [-0.2, 0) is 6.54 Å². The Kier molecular flexibility index (Phi) is 9.12. The van der Waals surface area contributed by atoms with Crippen LogP contribution in [0.3, 0.4) is 0 Å². The number of nitrogens with zero attached hydrogens (tertiary/aromatic N) is 3. The molecule has 1 N–H and O–H groups in total. The summed E-state index contributed by atoms with van der Waals surface area (Å²) >= 11 is 0. The van der Waals surface area contributed by atoms with Crippen LogP contribution in [-0.4, -0.2) is 36.2 Å². The van der Waals surface area contributed by atoms with Crippen molar-refractivity contribution in [3.05, 3.63) is 52.4 Å². The van der Waals surface area contributed by atoms with Crippen molar-refractivity contribution in [2.24, 2.45) is 4.99 Å². The van der Waals surface area contributed by atoms with Gasteiger partial charge < -0.3 is 14.7 Å². The molecule has 26 heavy (non-hydrogen) atoms. The molecule has 1 aromatic carbocycles. The second kappa shape index (κ2) is 10.5. The molecule has 2 rings (SSSR count). The number of rotatable bonds is 6. The molecule has 5 nitrogen and oxygen atoms in total. The van der Waals surface area contributed by atoms with Crippen molar-refractivity contribution < 1.29 is 4.52 Å². The van der Waals surface area contributed by atoms with Gasteiger partial charge in [-0.25, -0.2) is 0 Å². The maximum Gasteiger partial charge on any atom is 0.193 e. The van der Waals surface area contributed by atoms with Gasteiger partial charge in [-0.2, -0.15) is 0 Å². The lowest BCUT2D eigenvalue weighted by atomic mass is 10.00. The van der Waals surface area contributed by atoms with Crippen LogP contribution in [0.25, 0.3) is 0 Å². The zero-order valence-electron chi connectivity index (χ0n) is 16.7. The fraction of sp³-hybridized carbons (Fsp3) is 0.500. The zero-order valence-corrected chi connectivity index (χ0v) is 19.0. The van der Waals surface area contributed by atoms with Crippen LogP contribution in [0.2, 0.25) is 0 Å². The lowest BCUT2D eigenvalue weighted by Gasteiger charge is -2.23. The molecule has 0 bridgehead atoms. The minimum atomic E-state index is 0. The van der Waals surface area contributed by atoms with Gasteiger partial charge in [-0.15, -0.1) is 24.0 Å². The van der Waals surface area contributed by atoms with E-state index in [4.69, 9.17) is 9.52 Å². The third-order valence-electron chi connectivity index (χ3n) is 4.33. The first-order valence-corrected chi connectivity index (χ1v) is 8.90. The Morgan fingerprint density at radius 1 is 1.23 bits per heavy atom. The first-order valence-electron chi connectivity index (χ1n) is 8.90. The number of hydrogen-bond acceptors (Lipinski definition) is 3. The van der Waals surface area contributed by atoms with Crippen LogP contribution >= 0.6 is 24.0 Å². The fourth-order valence-corrected chi connectivity index (χ4v) is 3.02. The largest absolute Gasteiger partial charge is 0.361 e. The van der Waals surface area contributed by atoms with E-state index in [0.717, 1.165) is 30.5 Å². The number of aliphatic imine (C=N–C) groups is 1. The van der Waals surface area contributed by atoms with Crippen LogP contribution in [0.5, 0.6) is 0 Å². The molecule has 0 aliphatic rings. The van der Waals surface area contributed by atoms with Gasteiger partial charge in [0.2, 0.25) is 0 Å². The van der Waals surface area contributed by atoms with Crippen molar-refractivity contribution >= 4 is 29.9 Å². The summed E-state index contributed by atoms with van der Waals surface area (Å²) in [4.78, 5) is 6.99. The topological polar surface area (TPSA) is 53.7 Å². The number of halogens is 1. The summed E-state index contributed by atoms with van der Waals surface area (Å²) in [5, 5.41) is 7.43. The molecule has 0 saturated carbocycles. The number of nitrogens with one attached hydrogen (secondary N) is 1. The monoisotopic (exact) mass is 470 g/mol. The van der Waals surface area contributed by atoms with Crippen molar-refractivity contribution in [2.45, 2.75) is 47.1 Å². The number of aryl methyl sites for hydroxylation is 3. The van der Waals surface area contributed by atoms with Crippen LogP contribution in [0.15, 0.2) is 33.8 Å². The van der Waals surface area contributed by atoms with E-state index in [9.17, 15) is 0 Å². The third-order valence-corrected chi connectivity index (χ3v) is 4.33. The average Bonchev–Trinajstić information content (AvgIpc) is 2.92. The van der Waals surface area contributed by atoms with E-state index in [0.29, 0.717) is 6.54 Å². The molecule has 0 radical (unpaired) electrons. The van der Waals surface area contributed by atoms with Crippen molar-refractivity contribution in [3.8, 4) is 0 Å². The van der Waals surface area contributed by atoms with Crippen LogP contribution in [0, 0.1) is 20.8 Å². The molecule has 6 heteroatoms. The second-order valence-electron chi connectivity index (χ2n) is 6.68. The van der Waals surface area contributed by atoms with Gasteiger partial charge in [-0.3, -0.25) is 4.99 Å². The van der Waals surface area contributed by atoms with E-state index >= 15 is 0 Å². The van der Waals surface area contributed by atoms with Crippen molar-refractivity contribution in [2.75, 3.05) is 20.1 Å².